The van der Waals surface area contributed by atoms with Gasteiger partial charge in [0.1, 0.15) is 0 Å². The minimum absolute atomic E-state index is 0.301. The Morgan fingerprint density at radius 1 is 1.41 bits per heavy atom. The number of aliphatic hydroxyl groups excluding tert-OH is 1. The smallest absolute Gasteiger partial charge is 0.328 e. The van der Waals surface area contributed by atoms with Gasteiger partial charge >= 0.3 is 5.97 Å². The highest BCUT2D eigenvalue weighted by Crippen LogP contribution is 2.06. The van der Waals surface area contributed by atoms with Crippen molar-refractivity contribution in [2.45, 2.75) is 19.9 Å². The van der Waals surface area contributed by atoms with E-state index in [0.717, 1.165) is 5.69 Å². The van der Waals surface area contributed by atoms with Gasteiger partial charge in [-0.2, -0.15) is 0 Å². The lowest BCUT2D eigenvalue weighted by atomic mass is 10.1. The number of aliphatic hydroxyl groups is 1. The molecule has 0 fully saturated rings. The molecule has 0 spiro atoms. The number of hydrogen-bond donors (Lipinski definition) is 3. The Morgan fingerprint density at radius 3 is 2.53 bits per heavy atom. The average molecular weight is 238 g/mol. The molecule has 0 aliphatic carbocycles. The van der Waals surface area contributed by atoms with Crippen LogP contribution in [0.4, 0.5) is 0 Å². The van der Waals surface area contributed by atoms with Gasteiger partial charge < -0.3 is 15.5 Å². The summed E-state index contributed by atoms with van der Waals surface area (Å²) in [7, 11) is 0. The zero-order chi connectivity index (χ0) is 13.0. The number of rotatable bonds is 4. The number of carboxylic acid groups (broad SMARTS) is 1. The number of carbonyl (C=O) groups is 2. The summed E-state index contributed by atoms with van der Waals surface area (Å²) in [4.78, 5) is 26.5. The summed E-state index contributed by atoms with van der Waals surface area (Å²) in [6.45, 7) is 2.80. The van der Waals surface area contributed by atoms with Crippen LogP contribution in [0.5, 0.6) is 0 Å². The number of aryl methyl sites for hydroxylation is 2. The molecule has 0 unspecified atom stereocenters. The predicted octanol–water partition coefficient (Wildman–Crippen LogP) is -0.126. The maximum Gasteiger partial charge on any atom is 0.328 e. The molecule has 0 radical (unpaired) electrons. The molecule has 0 aliphatic rings. The van der Waals surface area contributed by atoms with Crippen LogP contribution in [0.3, 0.4) is 0 Å². The number of aliphatic carboxylic acids is 1. The average Bonchev–Trinajstić information content (AvgIpc) is 2.24. The van der Waals surface area contributed by atoms with Gasteiger partial charge in [-0.25, -0.2) is 4.79 Å². The highest BCUT2D eigenvalue weighted by molar-refractivity contribution is 5.97. The quantitative estimate of drug-likeness (QED) is 0.678. The number of hydrogen-bond acceptors (Lipinski definition) is 4. The Kier molecular flexibility index (Phi) is 4.17. The van der Waals surface area contributed by atoms with Crippen molar-refractivity contribution >= 4 is 11.9 Å². The van der Waals surface area contributed by atoms with Crippen LogP contribution in [0.1, 0.15) is 21.7 Å². The van der Waals surface area contributed by atoms with Gasteiger partial charge in [0.05, 0.1) is 17.9 Å². The third-order valence-corrected chi connectivity index (χ3v) is 2.26. The van der Waals surface area contributed by atoms with Gasteiger partial charge in [0, 0.05) is 5.69 Å². The summed E-state index contributed by atoms with van der Waals surface area (Å²) in [6.07, 6.45) is 0. The molecule has 6 nitrogen and oxygen atoms in total. The standard InChI is InChI=1S/C11H14N2O4/c1-6-3-4-8(7(2)12-6)10(15)13-9(5-14)11(16)17/h3-4,9,14H,5H2,1-2H3,(H,13,15)(H,16,17)/t9-/m0/s1. The normalized spacial score (nSPS) is 11.9. The lowest BCUT2D eigenvalue weighted by molar-refractivity contribution is -0.140. The molecule has 1 aromatic heterocycles. The first-order chi connectivity index (χ1) is 7.95. The molecule has 0 bridgehead atoms. The van der Waals surface area contributed by atoms with E-state index >= 15 is 0 Å². The second-order valence-corrected chi connectivity index (χ2v) is 3.63. The van der Waals surface area contributed by atoms with Gasteiger partial charge in [-0.3, -0.25) is 9.78 Å². The molecule has 1 amide bonds. The first-order valence-corrected chi connectivity index (χ1v) is 5.04. The molecule has 0 aliphatic heterocycles. The molecule has 0 saturated heterocycles. The van der Waals surface area contributed by atoms with E-state index in [0.29, 0.717) is 11.3 Å². The number of carbonyl (C=O) groups excluding carboxylic acids is 1. The van der Waals surface area contributed by atoms with E-state index in [1.165, 1.54) is 0 Å². The van der Waals surface area contributed by atoms with Gasteiger partial charge in [-0.05, 0) is 26.0 Å². The fourth-order valence-corrected chi connectivity index (χ4v) is 1.35. The van der Waals surface area contributed by atoms with Crippen LogP contribution < -0.4 is 5.32 Å². The summed E-state index contributed by atoms with van der Waals surface area (Å²) in [5.41, 5.74) is 1.59. The topological polar surface area (TPSA) is 99.5 Å². The Hall–Kier alpha value is -1.95. The van der Waals surface area contributed by atoms with Crippen molar-refractivity contribution in [3.63, 3.8) is 0 Å². The SMILES string of the molecule is Cc1ccc(C(=O)N[C@@H](CO)C(=O)O)c(C)n1. The van der Waals surface area contributed by atoms with Crippen LogP contribution in [0.25, 0.3) is 0 Å². The molecule has 0 aromatic carbocycles. The van der Waals surface area contributed by atoms with Crippen LogP contribution in [0.15, 0.2) is 12.1 Å². The first-order valence-electron chi connectivity index (χ1n) is 5.04. The zero-order valence-corrected chi connectivity index (χ0v) is 9.60. The van der Waals surface area contributed by atoms with Gasteiger partial charge in [0.2, 0.25) is 0 Å². The third kappa shape index (κ3) is 3.25. The van der Waals surface area contributed by atoms with E-state index in [2.05, 4.69) is 10.3 Å². The molecular weight excluding hydrogens is 224 g/mol. The second kappa shape index (κ2) is 5.40. The number of nitrogens with zero attached hydrogens (tertiary/aromatic N) is 1. The van der Waals surface area contributed by atoms with Crippen LogP contribution >= 0.6 is 0 Å². The summed E-state index contributed by atoms with van der Waals surface area (Å²) < 4.78 is 0. The fourth-order valence-electron chi connectivity index (χ4n) is 1.35. The van der Waals surface area contributed by atoms with E-state index in [-0.39, 0.29) is 0 Å². The van der Waals surface area contributed by atoms with Gasteiger partial charge in [-0.1, -0.05) is 0 Å². The van der Waals surface area contributed by atoms with Crippen LogP contribution in [0.2, 0.25) is 0 Å². The number of pyridine rings is 1. The molecule has 0 saturated carbocycles. The van der Waals surface area contributed by atoms with Gasteiger partial charge in [0.25, 0.3) is 5.91 Å². The third-order valence-electron chi connectivity index (χ3n) is 2.26. The molecular formula is C11H14N2O4. The highest BCUT2D eigenvalue weighted by atomic mass is 16.4. The lowest BCUT2D eigenvalue weighted by Gasteiger charge is -2.12. The Bertz CT molecular complexity index is 445. The van der Waals surface area contributed by atoms with Crippen molar-refractivity contribution in [2.75, 3.05) is 6.61 Å². The van der Waals surface area contributed by atoms with Crippen molar-refractivity contribution in [3.05, 3.63) is 29.1 Å². The van der Waals surface area contributed by atoms with Crippen LogP contribution in [0, 0.1) is 13.8 Å². The van der Waals surface area contributed by atoms with Crippen molar-refractivity contribution in [1.82, 2.24) is 10.3 Å². The zero-order valence-electron chi connectivity index (χ0n) is 9.60. The van der Waals surface area contributed by atoms with Crippen molar-refractivity contribution in [3.8, 4) is 0 Å². The minimum atomic E-state index is -1.30. The van der Waals surface area contributed by atoms with E-state index in [1.807, 2.05) is 0 Å². The van der Waals surface area contributed by atoms with Crippen LogP contribution in [-0.2, 0) is 4.79 Å². The first kappa shape index (κ1) is 13.1. The highest BCUT2D eigenvalue weighted by Gasteiger charge is 2.20. The maximum absolute atomic E-state index is 11.7. The number of carboxylic acids is 1. The van der Waals surface area contributed by atoms with E-state index < -0.39 is 24.5 Å². The summed E-state index contributed by atoms with van der Waals surface area (Å²) in [5, 5.41) is 19.7. The monoisotopic (exact) mass is 238 g/mol. The van der Waals surface area contributed by atoms with E-state index in [1.54, 1.807) is 26.0 Å². The molecule has 1 rings (SSSR count). The van der Waals surface area contributed by atoms with E-state index in [9.17, 15) is 9.59 Å². The molecule has 92 valence electrons. The Balaban J connectivity index is 2.86. The largest absolute Gasteiger partial charge is 0.480 e. The number of aromatic nitrogens is 1. The van der Waals surface area contributed by atoms with Crippen molar-refractivity contribution in [2.24, 2.45) is 0 Å². The fraction of sp³-hybridized carbons (Fsp3) is 0.364. The molecule has 17 heavy (non-hydrogen) atoms. The molecule has 1 aromatic rings. The molecule has 3 N–H and O–H groups in total. The molecule has 6 heteroatoms. The number of nitrogens with one attached hydrogen (secondary N) is 1. The summed E-state index contributed by atoms with van der Waals surface area (Å²) in [5.74, 6) is -1.84. The van der Waals surface area contributed by atoms with E-state index in [4.69, 9.17) is 10.2 Å². The van der Waals surface area contributed by atoms with Gasteiger partial charge in [0.15, 0.2) is 6.04 Å². The predicted molar refractivity (Wildman–Crippen MR) is 59.7 cm³/mol. The lowest BCUT2D eigenvalue weighted by Crippen LogP contribution is -2.43. The van der Waals surface area contributed by atoms with Gasteiger partial charge in [-0.15, -0.1) is 0 Å². The maximum atomic E-state index is 11.7. The summed E-state index contributed by atoms with van der Waals surface area (Å²) in [6, 6.07) is 1.93. The Morgan fingerprint density at radius 2 is 2.06 bits per heavy atom. The number of amides is 1. The molecule has 1 atom stereocenters. The van der Waals surface area contributed by atoms with Crippen molar-refractivity contribution < 1.29 is 19.8 Å². The Labute approximate surface area is 98.3 Å². The minimum Gasteiger partial charge on any atom is -0.480 e. The van der Waals surface area contributed by atoms with Crippen molar-refractivity contribution in [1.29, 1.82) is 0 Å². The molecule has 1 heterocycles. The summed E-state index contributed by atoms with van der Waals surface area (Å²) >= 11 is 0. The second-order valence-electron chi connectivity index (χ2n) is 3.63. The van der Waals surface area contributed by atoms with Crippen LogP contribution in [-0.4, -0.2) is 39.7 Å².